The number of para-hydroxylation sites is 2. The van der Waals surface area contributed by atoms with Crippen molar-refractivity contribution in [1.82, 2.24) is 10.2 Å². The van der Waals surface area contributed by atoms with Gasteiger partial charge in [0.05, 0.1) is 23.1 Å². The van der Waals surface area contributed by atoms with Crippen molar-refractivity contribution in [1.29, 1.82) is 0 Å². The number of urea groups is 1. The molecular formula is C28H35N5O4S. The number of nitrogens with zero attached hydrogens (tertiary/aromatic N) is 1. The molecule has 1 heterocycles. The van der Waals surface area contributed by atoms with Crippen molar-refractivity contribution in [2.75, 3.05) is 36.6 Å². The number of carbonyl (C=O) groups excluding carboxylic acids is 3. The smallest absolute Gasteiger partial charge is 0.412 e. The molecule has 1 aromatic heterocycles. The van der Waals surface area contributed by atoms with Crippen LogP contribution < -0.4 is 21.3 Å². The fraction of sp³-hybridized carbons (Fsp3) is 0.321. The van der Waals surface area contributed by atoms with E-state index in [-0.39, 0.29) is 18.0 Å². The maximum Gasteiger partial charge on any atom is 0.412 e. The molecule has 0 saturated heterocycles. The normalized spacial score (nSPS) is 11.9. The van der Waals surface area contributed by atoms with Crippen LogP contribution in [0.2, 0.25) is 0 Å². The zero-order valence-corrected chi connectivity index (χ0v) is 23.1. The highest BCUT2D eigenvalue weighted by Gasteiger charge is 2.19. The summed E-state index contributed by atoms with van der Waals surface area (Å²) in [6.07, 6.45) is 0.0853. The number of anilines is 3. The molecule has 38 heavy (non-hydrogen) atoms. The minimum atomic E-state index is -0.645. The van der Waals surface area contributed by atoms with E-state index < -0.39 is 11.7 Å². The number of nitrogens with one attached hydrogen (secondary N) is 4. The minimum absolute atomic E-state index is 0.244. The van der Waals surface area contributed by atoms with E-state index in [0.29, 0.717) is 23.4 Å². The molecule has 0 aliphatic heterocycles. The molecule has 3 rings (SSSR count). The highest BCUT2D eigenvalue weighted by atomic mass is 32.1. The van der Waals surface area contributed by atoms with Gasteiger partial charge in [-0.25, -0.2) is 9.59 Å². The van der Waals surface area contributed by atoms with E-state index in [9.17, 15) is 14.4 Å². The van der Waals surface area contributed by atoms with E-state index in [0.717, 1.165) is 17.8 Å². The fourth-order valence-corrected chi connectivity index (χ4v) is 4.13. The number of carbonyl (C=O) groups is 3. The number of benzene rings is 2. The number of hydrogen-bond acceptors (Lipinski definition) is 6. The Labute approximate surface area is 227 Å². The number of hydrogen-bond donors (Lipinski definition) is 4. The zero-order chi connectivity index (χ0) is 27.7. The Morgan fingerprint density at radius 2 is 1.58 bits per heavy atom. The molecule has 0 fully saturated rings. The molecule has 0 aliphatic rings. The molecule has 4 amide bonds. The second-order valence-corrected chi connectivity index (χ2v) is 10.8. The van der Waals surface area contributed by atoms with Crippen LogP contribution in [0, 0.1) is 0 Å². The number of amides is 4. The minimum Gasteiger partial charge on any atom is -0.444 e. The van der Waals surface area contributed by atoms with Gasteiger partial charge in [0, 0.05) is 10.9 Å². The van der Waals surface area contributed by atoms with Crippen LogP contribution >= 0.6 is 11.3 Å². The molecule has 2 aromatic carbocycles. The van der Waals surface area contributed by atoms with E-state index in [1.807, 2.05) is 43.1 Å². The predicted octanol–water partition coefficient (Wildman–Crippen LogP) is 6.16. The van der Waals surface area contributed by atoms with Crippen LogP contribution in [-0.2, 0) is 4.74 Å². The summed E-state index contributed by atoms with van der Waals surface area (Å²) in [7, 11) is 3.96. The molecule has 0 bridgehead atoms. The van der Waals surface area contributed by atoms with Gasteiger partial charge < -0.3 is 25.6 Å². The van der Waals surface area contributed by atoms with Crippen LogP contribution in [0.4, 0.5) is 26.7 Å². The molecule has 0 spiro atoms. The van der Waals surface area contributed by atoms with Crippen LogP contribution in [0.5, 0.6) is 0 Å². The van der Waals surface area contributed by atoms with Crippen molar-refractivity contribution in [3.05, 3.63) is 76.5 Å². The van der Waals surface area contributed by atoms with Gasteiger partial charge in [-0.05, 0) is 89.1 Å². The van der Waals surface area contributed by atoms with Gasteiger partial charge in [-0.1, -0.05) is 24.3 Å². The molecule has 3 aromatic rings. The SMILES string of the molecule is CN(C)CCC(NC(=O)Nc1ccsc1)c1ccc(C(=O)Nc2ccccc2NC(=O)OC(C)(C)C)cc1. The van der Waals surface area contributed by atoms with E-state index in [4.69, 9.17) is 4.74 Å². The van der Waals surface area contributed by atoms with E-state index >= 15 is 0 Å². The Morgan fingerprint density at radius 1 is 0.921 bits per heavy atom. The molecule has 0 aliphatic carbocycles. The maximum atomic E-state index is 13.0. The summed E-state index contributed by atoms with van der Waals surface area (Å²) in [5, 5.41) is 15.2. The van der Waals surface area contributed by atoms with Crippen molar-refractivity contribution in [2.45, 2.75) is 38.8 Å². The highest BCUT2D eigenvalue weighted by molar-refractivity contribution is 7.08. The summed E-state index contributed by atoms with van der Waals surface area (Å²) in [6.45, 7) is 6.11. The third kappa shape index (κ3) is 9.20. The van der Waals surface area contributed by atoms with Gasteiger partial charge in [0.25, 0.3) is 5.91 Å². The quantitative estimate of drug-likeness (QED) is 0.261. The second-order valence-electron chi connectivity index (χ2n) is 10.0. The summed E-state index contributed by atoms with van der Waals surface area (Å²) in [4.78, 5) is 39.8. The lowest BCUT2D eigenvalue weighted by molar-refractivity contribution is 0.0635. The first-order valence-corrected chi connectivity index (χ1v) is 13.2. The maximum absolute atomic E-state index is 13.0. The van der Waals surface area contributed by atoms with Gasteiger partial charge in [0.15, 0.2) is 0 Å². The van der Waals surface area contributed by atoms with Crippen molar-refractivity contribution in [2.24, 2.45) is 0 Å². The highest BCUT2D eigenvalue weighted by Crippen LogP contribution is 2.24. The molecule has 1 unspecified atom stereocenters. The van der Waals surface area contributed by atoms with Crippen LogP contribution in [0.3, 0.4) is 0 Å². The molecular weight excluding hydrogens is 502 g/mol. The first kappa shape index (κ1) is 28.7. The number of rotatable bonds is 9. The lowest BCUT2D eigenvalue weighted by Gasteiger charge is -2.22. The molecule has 1 atom stereocenters. The first-order valence-electron chi connectivity index (χ1n) is 12.2. The lowest BCUT2D eigenvalue weighted by Crippen LogP contribution is -2.34. The van der Waals surface area contributed by atoms with E-state index in [1.165, 1.54) is 11.3 Å². The molecule has 10 heteroatoms. The van der Waals surface area contributed by atoms with Gasteiger partial charge in [-0.3, -0.25) is 10.1 Å². The standard InChI is InChI=1S/C28H35N5O4S/c1-28(2,3)37-27(36)32-24-9-7-6-8-23(24)30-25(34)20-12-10-19(11-13-20)22(14-16-33(4)5)31-26(35)29-21-15-17-38-18-21/h6-13,15,17-18,22H,14,16H2,1-5H3,(H,30,34)(H,32,36)(H2,29,31,35). The lowest BCUT2D eigenvalue weighted by atomic mass is 10.0. The average Bonchev–Trinajstić information content (AvgIpc) is 3.34. The molecule has 9 nitrogen and oxygen atoms in total. The summed E-state index contributed by atoms with van der Waals surface area (Å²) in [5.74, 6) is -0.331. The number of thiophene rings is 1. The Hall–Kier alpha value is -3.89. The number of ether oxygens (including phenoxy) is 1. The van der Waals surface area contributed by atoms with Crippen molar-refractivity contribution in [3.8, 4) is 0 Å². The van der Waals surface area contributed by atoms with Gasteiger partial charge in [0.2, 0.25) is 0 Å². The van der Waals surface area contributed by atoms with Crippen LogP contribution in [0.15, 0.2) is 65.4 Å². The summed E-state index contributed by atoms with van der Waals surface area (Å²) >= 11 is 1.51. The van der Waals surface area contributed by atoms with E-state index in [1.54, 1.807) is 57.2 Å². The van der Waals surface area contributed by atoms with Crippen LogP contribution in [0.25, 0.3) is 0 Å². The summed E-state index contributed by atoms with van der Waals surface area (Å²) in [6, 6.07) is 15.3. The monoisotopic (exact) mass is 537 g/mol. The molecule has 4 N–H and O–H groups in total. The van der Waals surface area contributed by atoms with Crippen molar-refractivity contribution in [3.63, 3.8) is 0 Å². The third-order valence-electron chi connectivity index (χ3n) is 5.34. The van der Waals surface area contributed by atoms with Crippen molar-refractivity contribution >= 4 is 46.4 Å². The van der Waals surface area contributed by atoms with Crippen LogP contribution in [0.1, 0.15) is 49.2 Å². The third-order valence-corrected chi connectivity index (χ3v) is 6.02. The Morgan fingerprint density at radius 3 is 2.16 bits per heavy atom. The summed E-state index contributed by atoms with van der Waals surface area (Å²) < 4.78 is 5.31. The van der Waals surface area contributed by atoms with Gasteiger partial charge in [0.1, 0.15) is 5.60 Å². The zero-order valence-electron chi connectivity index (χ0n) is 22.3. The average molecular weight is 538 g/mol. The van der Waals surface area contributed by atoms with Gasteiger partial charge >= 0.3 is 12.1 Å². The Balaban J connectivity index is 1.69. The molecule has 0 radical (unpaired) electrons. The van der Waals surface area contributed by atoms with E-state index in [2.05, 4.69) is 26.2 Å². The summed E-state index contributed by atoms with van der Waals surface area (Å²) in [5.41, 5.74) is 2.30. The van der Waals surface area contributed by atoms with Gasteiger partial charge in [-0.2, -0.15) is 11.3 Å². The Bertz CT molecular complexity index is 1220. The first-order chi connectivity index (χ1) is 18.0. The predicted molar refractivity (Wildman–Crippen MR) is 153 cm³/mol. The Kier molecular flexibility index (Phi) is 9.86. The van der Waals surface area contributed by atoms with Crippen LogP contribution in [-0.4, -0.2) is 49.2 Å². The largest absolute Gasteiger partial charge is 0.444 e. The van der Waals surface area contributed by atoms with Gasteiger partial charge in [-0.15, -0.1) is 0 Å². The second kappa shape index (κ2) is 13.1. The van der Waals surface area contributed by atoms with Crippen molar-refractivity contribution < 1.29 is 19.1 Å². The molecule has 0 saturated carbocycles. The fourth-order valence-electron chi connectivity index (χ4n) is 3.55. The molecule has 202 valence electrons. The topological polar surface area (TPSA) is 112 Å².